The molecule has 94 valence electrons. The summed E-state index contributed by atoms with van der Waals surface area (Å²) < 4.78 is 0. The fourth-order valence-electron chi connectivity index (χ4n) is 3.90. The zero-order valence-electron chi connectivity index (χ0n) is 9.95. The number of carboxylic acid groups (broad SMARTS) is 1. The number of amides is 1. The quantitative estimate of drug-likeness (QED) is 0.782. The third-order valence-corrected chi connectivity index (χ3v) is 4.94. The van der Waals surface area contributed by atoms with Crippen molar-refractivity contribution >= 4 is 11.9 Å². The zero-order chi connectivity index (χ0) is 12.0. The summed E-state index contributed by atoms with van der Waals surface area (Å²) in [4.78, 5) is 23.4. The predicted molar refractivity (Wildman–Crippen MR) is 61.3 cm³/mol. The first-order valence-electron chi connectivity index (χ1n) is 6.69. The number of carbonyl (C=O) groups is 2. The minimum absolute atomic E-state index is 0.00370. The van der Waals surface area contributed by atoms with Crippen molar-refractivity contribution in [3.8, 4) is 0 Å². The van der Waals surface area contributed by atoms with Crippen LogP contribution in [0.1, 0.15) is 44.9 Å². The molecule has 0 saturated heterocycles. The number of fused-ring (bicyclic) bond motifs is 1. The summed E-state index contributed by atoms with van der Waals surface area (Å²) in [7, 11) is 0. The number of hydrogen-bond acceptors (Lipinski definition) is 2. The molecule has 0 spiro atoms. The molecule has 17 heavy (non-hydrogen) atoms. The Kier molecular flexibility index (Phi) is 2.42. The maximum absolute atomic E-state index is 12.1. The minimum atomic E-state index is -0.950. The van der Waals surface area contributed by atoms with Crippen molar-refractivity contribution < 1.29 is 14.7 Å². The largest absolute Gasteiger partial charge is 0.480 e. The van der Waals surface area contributed by atoms with E-state index in [1.54, 1.807) is 0 Å². The molecule has 0 aromatic heterocycles. The zero-order valence-corrected chi connectivity index (χ0v) is 9.95. The van der Waals surface area contributed by atoms with E-state index in [0.717, 1.165) is 25.7 Å². The number of nitrogens with one attached hydrogen (secondary N) is 1. The van der Waals surface area contributed by atoms with Gasteiger partial charge in [-0.15, -0.1) is 0 Å². The van der Waals surface area contributed by atoms with Crippen LogP contribution in [-0.4, -0.2) is 22.5 Å². The van der Waals surface area contributed by atoms with Crippen LogP contribution in [0, 0.1) is 17.8 Å². The fraction of sp³-hybridized carbons (Fsp3) is 0.846. The number of aliphatic carboxylic acids is 1. The van der Waals surface area contributed by atoms with Gasteiger partial charge < -0.3 is 10.4 Å². The molecule has 2 N–H and O–H groups in total. The third kappa shape index (κ3) is 1.65. The molecule has 0 bridgehead atoms. The van der Waals surface area contributed by atoms with Gasteiger partial charge in [-0.3, -0.25) is 4.79 Å². The lowest BCUT2D eigenvalue weighted by molar-refractivity contribution is -0.147. The Balaban J connectivity index is 1.66. The van der Waals surface area contributed by atoms with Gasteiger partial charge in [0.1, 0.15) is 5.54 Å². The predicted octanol–water partition coefficient (Wildman–Crippen LogP) is 1.55. The second kappa shape index (κ2) is 3.72. The van der Waals surface area contributed by atoms with E-state index in [-0.39, 0.29) is 11.8 Å². The molecule has 3 fully saturated rings. The van der Waals surface area contributed by atoms with Crippen LogP contribution in [0.5, 0.6) is 0 Å². The summed E-state index contributed by atoms with van der Waals surface area (Å²) in [6.07, 6.45) is 6.55. The molecule has 0 aliphatic heterocycles. The second-order valence-corrected chi connectivity index (χ2v) is 5.87. The highest BCUT2D eigenvalue weighted by atomic mass is 16.4. The molecule has 0 aromatic carbocycles. The lowest BCUT2D eigenvalue weighted by Gasteiger charge is -2.25. The van der Waals surface area contributed by atoms with E-state index >= 15 is 0 Å². The van der Waals surface area contributed by atoms with Gasteiger partial charge >= 0.3 is 5.97 Å². The van der Waals surface area contributed by atoms with E-state index in [2.05, 4.69) is 5.32 Å². The molecule has 0 heterocycles. The van der Waals surface area contributed by atoms with Gasteiger partial charge in [-0.25, -0.2) is 4.79 Å². The summed E-state index contributed by atoms with van der Waals surface area (Å²) in [6.45, 7) is 0. The first kappa shape index (κ1) is 11.1. The summed E-state index contributed by atoms with van der Waals surface area (Å²) >= 11 is 0. The first-order valence-corrected chi connectivity index (χ1v) is 6.69. The number of rotatable bonds is 3. The Labute approximate surface area is 101 Å². The van der Waals surface area contributed by atoms with Gasteiger partial charge in [0.25, 0.3) is 0 Å². The Bertz CT molecular complexity index is 350. The van der Waals surface area contributed by atoms with Gasteiger partial charge in [0.15, 0.2) is 0 Å². The standard InChI is InChI=1S/C13H19NO3/c15-11(10-8-4-3-5-9(8)10)14-13(12(16)17)6-1-2-7-13/h8-10H,1-7H2,(H,14,15)(H,16,17). The van der Waals surface area contributed by atoms with Gasteiger partial charge in [0.05, 0.1) is 0 Å². The van der Waals surface area contributed by atoms with Crippen LogP contribution in [-0.2, 0) is 9.59 Å². The highest BCUT2D eigenvalue weighted by Crippen LogP contribution is 2.57. The van der Waals surface area contributed by atoms with Crippen molar-refractivity contribution in [2.45, 2.75) is 50.5 Å². The van der Waals surface area contributed by atoms with E-state index in [1.165, 1.54) is 6.42 Å². The van der Waals surface area contributed by atoms with E-state index in [0.29, 0.717) is 24.7 Å². The van der Waals surface area contributed by atoms with E-state index in [4.69, 9.17) is 0 Å². The number of hydrogen-bond donors (Lipinski definition) is 2. The van der Waals surface area contributed by atoms with Crippen molar-refractivity contribution in [1.82, 2.24) is 5.32 Å². The average Bonchev–Trinajstić information content (AvgIpc) is 2.73. The molecule has 4 heteroatoms. The maximum atomic E-state index is 12.1. The van der Waals surface area contributed by atoms with E-state index in [9.17, 15) is 14.7 Å². The van der Waals surface area contributed by atoms with Gasteiger partial charge in [-0.1, -0.05) is 19.3 Å². The molecular weight excluding hydrogens is 218 g/mol. The fourth-order valence-corrected chi connectivity index (χ4v) is 3.90. The second-order valence-electron chi connectivity index (χ2n) is 5.87. The van der Waals surface area contributed by atoms with Gasteiger partial charge in [0, 0.05) is 5.92 Å². The topological polar surface area (TPSA) is 66.4 Å². The van der Waals surface area contributed by atoms with Crippen LogP contribution in [0.25, 0.3) is 0 Å². The summed E-state index contributed by atoms with van der Waals surface area (Å²) in [5, 5.41) is 12.1. The molecular formula is C13H19NO3. The summed E-state index contributed by atoms with van der Waals surface area (Å²) in [6, 6.07) is 0. The molecule has 0 radical (unpaired) electrons. The summed E-state index contributed by atoms with van der Waals surface area (Å²) in [5.41, 5.74) is -0.950. The lowest BCUT2D eigenvalue weighted by atomic mass is 9.97. The number of carbonyl (C=O) groups excluding carboxylic acids is 1. The monoisotopic (exact) mass is 237 g/mol. The Morgan fingerprint density at radius 2 is 1.65 bits per heavy atom. The van der Waals surface area contributed by atoms with Crippen molar-refractivity contribution in [2.75, 3.05) is 0 Å². The van der Waals surface area contributed by atoms with E-state index < -0.39 is 11.5 Å². The van der Waals surface area contributed by atoms with Crippen molar-refractivity contribution in [1.29, 1.82) is 0 Å². The first-order chi connectivity index (χ1) is 8.14. The smallest absolute Gasteiger partial charge is 0.329 e. The van der Waals surface area contributed by atoms with Crippen molar-refractivity contribution in [2.24, 2.45) is 17.8 Å². The average molecular weight is 237 g/mol. The molecule has 2 unspecified atom stereocenters. The number of carboxylic acids is 1. The molecule has 1 amide bonds. The third-order valence-electron chi connectivity index (χ3n) is 4.94. The van der Waals surface area contributed by atoms with Crippen LogP contribution < -0.4 is 5.32 Å². The van der Waals surface area contributed by atoms with Crippen LogP contribution in [0.2, 0.25) is 0 Å². The molecule has 2 atom stereocenters. The highest BCUT2D eigenvalue weighted by molar-refractivity contribution is 5.90. The lowest BCUT2D eigenvalue weighted by Crippen LogP contribution is -2.53. The van der Waals surface area contributed by atoms with Crippen LogP contribution in [0.4, 0.5) is 0 Å². The van der Waals surface area contributed by atoms with Crippen molar-refractivity contribution in [3.63, 3.8) is 0 Å². The van der Waals surface area contributed by atoms with Gasteiger partial charge in [0.2, 0.25) is 5.91 Å². The van der Waals surface area contributed by atoms with Crippen LogP contribution in [0.3, 0.4) is 0 Å². The summed E-state index contributed by atoms with van der Waals surface area (Å²) in [5.74, 6) is 0.392. The Morgan fingerprint density at radius 1 is 1.06 bits per heavy atom. The Morgan fingerprint density at radius 3 is 2.18 bits per heavy atom. The molecule has 3 aliphatic rings. The SMILES string of the molecule is O=C(NC1(C(=O)O)CCCC1)C1C2CCCC21. The highest BCUT2D eigenvalue weighted by Gasteiger charge is 2.58. The van der Waals surface area contributed by atoms with Crippen LogP contribution in [0.15, 0.2) is 0 Å². The maximum Gasteiger partial charge on any atom is 0.329 e. The Hall–Kier alpha value is -1.06. The molecule has 3 aliphatic carbocycles. The molecule has 0 aromatic rings. The van der Waals surface area contributed by atoms with Gasteiger partial charge in [-0.05, 0) is 37.5 Å². The van der Waals surface area contributed by atoms with Crippen LogP contribution >= 0.6 is 0 Å². The van der Waals surface area contributed by atoms with Gasteiger partial charge in [-0.2, -0.15) is 0 Å². The molecule has 3 rings (SSSR count). The normalized spacial score (nSPS) is 37.5. The van der Waals surface area contributed by atoms with Crippen molar-refractivity contribution in [3.05, 3.63) is 0 Å². The minimum Gasteiger partial charge on any atom is -0.480 e. The molecule has 3 saturated carbocycles. The van der Waals surface area contributed by atoms with E-state index in [1.807, 2.05) is 0 Å². The molecule has 4 nitrogen and oxygen atoms in total.